The number of rotatable bonds is 2. The van der Waals surface area contributed by atoms with Crippen molar-refractivity contribution in [1.29, 1.82) is 0 Å². The van der Waals surface area contributed by atoms with Crippen LogP contribution >= 0.6 is 22.6 Å². The highest BCUT2D eigenvalue weighted by atomic mass is 127. The molecule has 1 heterocycles. The average Bonchev–Trinajstić information content (AvgIpc) is 2.85. The molecule has 0 bridgehead atoms. The topological polar surface area (TPSA) is 72.0 Å². The van der Waals surface area contributed by atoms with Gasteiger partial charge in [-0.15, -0.1) is 0 Å². The molecule has 1 N–H and O–H groups in total. The van der Waals surface area contributed by atoms with Gasteiger partial charge in [-0.2, -0.15) is 0 Å². The van der Waals surface area contributed by atoms with E-state index < -0.39 is 5.97 Å². The standard InChI is InChI=1S/C11H13IN2O3/c1-17-11(16)9-13-8(6-4-2-3-5-6)7(12)10(15)14-9/h6H,2-5H2,1H3,(H,13,14,15). The minimum absolute atomic E-state index is 0.000170. The van der Waals surface area contributed by atoms with Gasteiger partial charge in [0.05, 0.1) is 12.8 Å². The van der Waals surface area contributed by atoms with Crippen molar-refractivity contribution in [3.63, 3.8) is 0 Å². The molecule has 1 fully saturated rings. The van der Waals surface area contributed by atoms with Gasteiger partial charge in [0, 0.05) is 5.92 Å². The van der Waals surface area contributed by atoms with Gasteiger partial charge >= 0.3 is 5.97 Å². The van der Waals surface area contributed by atoms with Crippen LogP contribution in [-0.4, -0.2) is 23.0 Å². The Morgan fingerprint density at radius 3 is 2.71 bits per heavy atom. The Bertz CT molecular complexity index is 492. The van der Waals surface area contributed by atoms with Crippen molar-refractivity contribution >= 4 is 28.6 Å². The average molecular weight is 348 g/mol. The van der Waals surface area contributed by atoms with Crippen LogP contribution in [0.5, 0.6) is 0 Å². The number of aromatic nitrogens is 2. The van der Waals surface area contributed by atoms with E-state index in [-0.39, 0.29) is 11.4 Å². The number of ether oxygens (including phenoxy) is 1. The molecule has 1 aliphatic carbocycles. The zero-order chi connectivity index (χ0) is 12.4. The summed E-state index contributed by atoms with van der Waals surface area (Å²) in [5.41, 5.74) is 0.482. The van der Waals surface area contributed by atoms with E-state index in [2.05, 4.69) is 14.7 Å². The van der Waals surface area contributed by atoms with Crippen LogP contribution in [0.4, 0.5) is 0 Å². The molecule has 5 nitrogen and oxygen atoms in total. The van der Waals surface area contributed by atoms with Crippen LogP contribution in [0.25, 0.3) is 0 Å². The number of carbonyl (C=O) groups is 1. The summed E-state index contributed by atoms with van der Waals surface area (Å²) in [6.07, 6.45) is 4.38. The van der Waals surface area contributed by atoms with Crippen LogP contribution in [0.3, 0.4) is 0 Å². The lowest BCUT2D eigenvalue weighted by atomic mass is 10.0. The fourth-order valence-corrected chi connectivity index (χ4v) is 2.84. The first kappa shape index (κ1) is 12.5. The van der Waals surface area contributed by atoms with E-state index in [1.54, 1.807) is 0 Å². The quantitative estimate of drug-likeness (QED) is 0.654. The first-order valence-electron chi connectivity index (χ1n) is 5.51. The minimum Gasteiger partial charge on any atom is -0.463 e. The van der Waals surface area contributed by atoms with Crippen LogP contribution in [-0.2, 0) is 4.74 Å². The number of H-pyrrole nitrogens is 1. The van der Waals surface area contributed by atoms with Crippen LogP contribution in [0.1, 0.15) is 47.9 Å². The third kappa shape index (κ3) is 2.51. The molecule has 2 rings (SSSR count). The van der Waals surface area contributed by atoms with Crippen LogP contribution in [0, 0.1) is 3.57 Å². The zero-order valence-corrected chi connectivity index (χ0v) is 11.6. The highest BCUT2D eigenvalue weighted by Gasteiger charge is 2.24. The number of esters is 1. The summed E-state index contributed by atoms with van der Waals surface area (Å²) in [5, 5.41) is 0. The lowest BCUT2D eigenvalue weighted by molar-refractivity contribution is 0.0585. The first-order valence-corrected chi connectivity index (χ1v) is 6.59. The highest BCUT2D eigenvalue weighted by Crippen LogP contribution is 2.34. The Morgan fingerprint density at radius 2 is 2.12 bits per heavy atom. The van der Waals surface area contributed by atoms with Crippen molar-refractivity contribution in [1.82, 2.24) is 9.97 Å². The van der Waals surface area contributed by atoms with Gasteiger partial charge in [0.1, 0.15) is 3.57 Å². The summed E-state index contributed by atoms with van der Waals surface area (Å²) < 4.78 is 5.16. The number of halogens is 1. The third-order valence-corrected chi connectivity index (χ3v) is 4.05. The normalized spacial score (nSPS) is 16.1. The van der Waals surface area contributed by atoms with Crippen molar-refractivity contribution in [2.45, 2.75) is 31.6 Å². The Hall–Kier alpha value is -0.920. The van der Waals surface area contributed by atoms with Crippen molar-refractivity contribution in [3.8, 4) is 0 Å². The Kier molecular flexibility index (Phi) is 3.80. The van der Waals surface area contributed by atoms with E-state index >= 15 is 0 Å². The number of hydrogen-bond donors (Lipinski definition) is 1. The number of nitrogens with one attached hydrogen (secondary N) is 1. The SMILES string of the molecule is COC(=O)c1nc(C2CCCC2)c(I)c(=O)[nH]1. The maximum Gasteiger partial charge on any atom is 0.374 e. The van der Waals surface area contributed by atoms with Gasteiger partial charge in [0.15, 0.2) is 0 Å². The van der Waals surface area contributed by atoms with Gasteiger partial charge in [0.25, 0.3) is 5.56 Å². The van der Waals surface area contributed by atoms with E-state index in [9.17, 15) is 9.59 Å². The van der Waals surface area contributed by atoms with E-state index in [0.717, 1.165) is 31.4 Å². The molecule has 0 unspecified atom stereocenters. The van der Waals surface area contributed by atoms with Crippen molar-refractivity contribution in [2.24, 2.45) is 0 Å². The molecule has 1 saturated carbocycles. The molecular weight excluding hydrogens is 335 g/mol. The summed E-state index contributed by atoms with van der Waals surface area (Å²) in [5.74, 6) is -0.301. The molecular formula is C11H13IN2O3. The summed E-state index contributed by atoms with van der Waals surface area (Å²) in [4.78, 5) is 29.8. The fourth-order valence-electron chi connectivity index (χ4n) is 2.14. The van der Waals surface area contributed by atoms with Crippen LogP contribution < -0.4 is 5.56 Å². The second-order valence-electron chi connectivity index (χ2n) is 4.09. The Morgan fingerprint density at radius 1 is 1.47 bits per heavy atom. The van der Waals surface area contributed by atoms with Gasteiger partial charge in [-0.05, 0) is 35.4 Å². The molecule has 0 radical (unpaired) electrons. The largest absolute Gasteiger partial charge is 0.463 e. The zero-order valence-electron chi connectivity index (χ0n) is 9.46. The molecule has 1 aromatic rings. The maximum atomic E-state index is 11.7. The van der Waals surface area contributed by atoms with Gasteiger partial charge in [-0.1, -0.05) is 12.8 Å². The lowest BCUT2D eigenvalue weighted by Crippen LogP contribution is -2.22. The van der Waals surface area contributed by atoms with E-state index in [1.807, 2.05) is 22.6 Å². The molecule has 0 aliphatic heterocycles. The fraction of sp³-hybridized carbons (Fsp3) is 0.545. The molecule has 92 valence electrons. The monoisotopic (exact) mass is 348 g/mol. The predicted molar refractivity (Wildman–Crippen MR) is 70.1 cm³/mol. The lowest BCUT2D eigenvalue weighted by Gasteiger charge is -2.11. The Balaban J connectivity index is 2.46. The van der Waals surface area contributed by atoms with E-state index in [1.165, 1.54) is 7.11 Å². The number of carbonyl (C=O) groups excluding carboxylic acids is 1. The maximum absolute atomic E-state index is 11.7. The second kappa shape index (κ2) is 5.16. The number of aromatic amines is 1. The highest BCUT2D eigenvalue weighted by molar-refractivity contribution is 14.1. The first-order chi connectivity index (χ1) is 8.13. The van der Waals surface area contributed by atoms with Crippen molar-refractivity contribution in [3.05, 3.63) is 25.4 Å². The summed E-state index contributed by atoms with van der Waals surface area (Å²) in [7, 11) is 1.27. The molecule has 0 aromatic carbocycles. The van der Waals surface area contributed by atoms with Gasteiger partial charge < -0.3 is 4.74 Å². The third-order valence-electron chi connectivity index (χ3n) is 3.01. The van der Waals surface area contributed by atoms with Crippen molar-refractivity contribution in [2.75, 3.05) is 7.11 Å². The molecule has 0 spiro atoms. The van der Waals surface area contributed by atoms with Gasteiger partial charge in [-0.25, -0.2) is 9.78 Å². The number of hydrogen-bond acceptors (Lipinski definition) is 4. The number of methoxy groups -OCH3 is 1. The molecule has 0 saturated heterocycles. The summed E-state index contributed by atoms with van der Waals surface area (Å²) in [6, 6.07) is 0. The van der Waals surface area contributed by atoms with E-state index in [0.29, 0.717) is 9.49 Å². The van der Waals surface area contributed by atoms with Crippen molar-refractivity contribution < 1.29 is 9.53 Å². The molecule has 17 heavy (non-hydrogen) atoms. The smallest absolute Gasteiger partial charge is 0.374 e. The summed E-state index contributed by atoms with van der Waals surface area (Å²) >= 11 is 1.99. The summed E-state index contributed by atoms with van der Waals surface area (Å²) in [6.45, 7) is 0. The molecule has 6 heteroatoms. The van der Waals surface area contributed by atoms with Crippen LogP contribution in [0.2, 0.25) is 0 Å². The predicted octanol–water partition coefficient (Wildman–Crippen LogP) is 1.82. The van der Waals surface area contributed by atoms with Gasteiger partial charge in [-0.3, -0.25) is 9.78 Å². The molecule has 0 atom stereocenters. The Labute approximate surface area is 112 Å². The van der Waals surface area contributed by atoms with Gasteiger partial charge in [0.2, 0.25) is 5.82 Å². The van der Waals surface area contributed by atoms with Crippen LogP contribution in [0.15, 0.2) is 4.79 Å². The minimum atomic E-state index is -0.599. The molecule has 1 aromatic heterocycles. The molecule has 0 amide bonds. The second-order valence-corrected chi connectivity index (χ2v) is 5.17. The number of nitrogens with zero attached hydrogens (tertiary/aromatic N) is 1. The van der Waals surface area contributed by atoms with E-state index in [4.69, 9.17) is 0 Å². The molecule has 1 aliphatic rings.